The zero-order valence-corrected chi connectivity index (χ0v) is 15.0. The fourth-order valence-electron chi connectivity index (χ4n) is 2.79. The maximum atomic E-state index is 13.0. The first-order chi connectivity index (χ1) is 11.6. The summed E-state index contributed by atoms with van der Waals surface area (Å²) >= 11 is 3.39. The lowest BCUT2D eigenvalue weighted by Gasteiger charge is -2.26. The van der Waals surface area contributed by atoms with Gasteiger partial charge in [0.05, 0.1) is 0 Å². The van der Waals surface area contributed by atoms with Crippen molar-refractivity contribution in [3.8, 4) is 0 Å². The van der Waals surface area contributed by atoms with Crippen molar-refractivity contribution in [1.29, 1.82) is 0 Å². The second-order valence-corrected chi connectivity index (χ2v) is 6.85. The van der Waals surface area contributed by atoms with Gasteiger partial charge in [-0.3, -0.25) is 9.59 Å². The number of anilines is 2. The van der Waals surface area contributed by atoms with Crippen molar-refractivity contribution in [1.82, 2.24) is 0 Å². The Balaban J connectivity index is 1.79. The number of carbonyl (C=O) groups is 2. The minimum Gasteiger partial charge on any atom is -0.325 e. The average molecular weight is 387 g/mol. The third-order valence-electron chi connectivity index (χ3n) is 4.31. The van der Waals surface area contributed by atoms with Crippen LogP contribution >= 0.6 is 15.9 Å². The molecular weight excluding hydrogens is 368 g/mol. The van der Waals surface area contributed by atoms with Crippen LogP contribution in [0.4, 0.5) is 11.4 Å². The van der Waals surface area contributed by atoms with E-state index in [0.717, 1.165) is 10.2 Å². The van der Waals surface area contributed by atoms with Gasteiger partial charge in [-0.2, -0.15) is 0 Å². The van der Waals surface area contributed by atoms with Crippen LogP contribution in [0.3, 0.4) is 0 Å². The Hall–Kier alpha value is -2.14. The number of nitrogens with one attached hydrogen (secondary N) is 1. The Labute approximate surface area is 150 Å². The number of carbonyl (C=O) groups excluding carboxylic acids is 2. The number of hydrogen-bond donors (Lipinski definition) is 1. The first-order valence-electron chi connectivity index (χ1n) is 8.01. The van der Waals surface area contributed by atoms with E-state index in [-0.39, 0.29) is 11.8 Å². The highest BCUT2D eigenvalue weighted by atomic mass is 79.9. The molecule has 0 saturated heterocycles. The Morgan fingerprint density at radius 3 is 2.42 bits per heavy atom. The first kappa shape index (κ1) is 16.7. The molecule has 1 aliphatic rings. The van der Waals surface area contributed by atoms with E-state index in [1.165, 1.54) is 0 Å². The summed E-state index contributed by atoms with van der Waals surface area (Å²) in [7, 11) is 0. The van der Waals surface area contributed by atoms with Gasteiger partial charge in [0.15, 0.2) is 0 Å². The van der Waals surface area contributed by atoms with Gasteiger partial charge in [-0.05, 0) is 50.1 Å². The summed E-state index contributed by atoms with van der Waals surface area (Å²) < 4.78 is 0.885. The molecule has 1 fully saturated rings. The van der Waals surface area contributed by atoms with E-state index >= 15 is 0 Å². The molecule has 1 N–H and O–H groups in total. The monoisotopic (exact) mass is 386 g/mol. The standard InChI is InChI=1S/C19H19BrN2O2/c1-2-22(16-9-4-3-5-10-16)18(24)19(11-12-19)17(23)21-15-8-6-7-14(20)13-15/h3-10,13H,2,11-12H2,1H3,(H,21,23). The van der Waals surface area contributed by atoms with Crippen LogP contribution in [-0.2, 0) is 9.59 Å². The molecule has 4 nitrogen and oxygen atoms in total. The molecule has 0 radical (unpaired) electrons. The molecule has 1 saturated carbocycles. The number of amides is 2. The quantitative estimate of drug-likeness (QED) is 0.781. The molecule has 1 aliphatic carbocycles. The molecule has 2 aromatic rings. The predicted octanol–water partition coefficient (Wildman–Crippen LogP) is 4.22. The Morgan fingerprint density at radius 2 is 1.83 bits per heavy atom. The number of benzene rings is 2. The van der Waals surface area contributed by atoms with E-state index in [1.807, 2.05) is 61.5 Å². The van der Waals surface area contributed by atoms with E-state index in [0.29, 0.717) is 25.1 Å². The van der Waals surface area contributed by atoms with Gasteiger partial charge in [-0.25, -0.2) is 0 Å². The molecule has 2 aromatic carbocycles. The highest BCUT2D eigenvalue weighted by Gasteiger charge is 2.58. The van der Waals surface area contributed by atoms with Crippen molar-refractivity contribution in [3.63, 3.8) is 0 Å². The van der Waals surface area contributed by atoms with Crippen molar-refractivity contribution in [3.05, 3.63) is 59.1 Å². The molecule has 0 atom stereocenters. The normalized spacial score (nSPS) is 14.8. The molecule has 0 unspecified atom stereocenters. The Bertz CT molecular complexity index is 757. The van der Waals surface area contributed by atoms with Crippen LogP contribution in [0.25, 0.3) is 0 Å². The van der Waals surface area contributed by atoms with Crippen LogP contribution in [0.15, 0.2) is 59.1 Å². The molecule has 0 aromatic heterocycles. The van der Waals surface area contributed by atoms with Crippen LogP contribution in [0.2, 0.25) is 0 Å². The molecule has 124 valence electrons. The highest BCUT2D eigenvalue weighted by Crippen LogP contribution is 2.48. The summed E-state index contributed by atoms with van der Waals surface area (Å²) in [4.78, 5) is 27.4. The zero-order valence-electron chi connectivity index (χ0n) is 13.5. The summed E-state index contributed by atoms with van der Waals surface area (Å²) in [5.41, 5.74) is 0.580. The van der Waals surface area contributed by atoms with Gasteiger partial charge in [0.2, 0.25) is 11.8 Å². The van der Waals surface area contributed by atoms with E-state index in [4.69, 9.17) is 0 Å². The molecular formula is C19H19BrN2O2. The number of para-hydroxylation sites is 1. The highest BCUT2D eigenvalue weighted by molar-refractivity contribution is 9.10. The van der Waals surface area contributed by atoms with Gasteiger partial charge in [-0.15, -0.1) is 0 Å². The Kier molecular flexibility index (Phi) is 4.71. The van der Waals surface area contributed by atoms with Gasteiger partial charge >= 0.3 is 0 Å². The number of nitrogens with zero attached hydrogens (tertiary/aromatic N) is 1. The third kappa shape index (κ3) is 3.22. The summed E-state index contributed by atoms with van der Waals surface area (Å²) in [5.74, 6) is -0.344. The molecule has 3 rings (SSSR count). The van der Waals surface area contributed by atoms with Gasteiger partial charge in [0.25, 0.3) is 0 Å². The first-order valence-corrected chi connectivity index (χ1v) is 8.80. The molecule has 0 bridgehead atoms. The number of rotatable bonds is 5. The zero-order chi connectivity index (χ0) is 17.2. The smallest absolute Gasteiger partial charge is 0.242 e. The topological polar surface area (TPSA) is 49.4 Å². The second-order valence-electron chi connectivity index (χ2n) is 5.93. The van der Waals surface area contributed by atoms with E-state index in [1.54, 1.807) is 4.90 Å². The fourth-order valence-corrected chi connectivity index (χ4v) is 3.19. The number of hydrogen-bond acceptors (Lipinski definition) is 2. The molecule has 0 heterocycles. The fraction of sp³-hybridized carbons (Fsp3) is 0.263. The summed E-state index contributed by atoms with van der Waals surface area (Å²) in [6.07, 6.45) is 1.18. The largest absolute Gasteiger partial charge is 0.325 e. The van der Waals surface area contributed by atoms with E-state index in [9.17, 15) is 9.59 Å². The third-order valence-corrected chi connectivity index (χ3v) is 4.80. The minimum atomic E-state index is -0.936. The lowest BCUT2D eigenvalue weighted by atomic mass is 10.0. The SMILES string of the molecule is CCN(C(=O)C1(C(=O)Nc2cccc(Br)c2)CC1)c1ccccc1. The Morgan fingerprint density at radius 1 is 1.12 bits per heavy atom. The summed E-state index contributed by atoms with van der Waals surface area (Å²) in [6, 6.07) is 16.9. The average Bonchev–Trinajstić information content (AvgIpc) is 3.38. The van der Waals surface area contributed by atoms with Crippen LogP contribution in [0.1, 0.15) is 19.8 Å². The molecule has 5 heteroatoms. The van der Waals surface area contributed by atoms with Gasteiger partial charge in [-0.1, -0.05) is 40.2 Å². The molecule has 0 aliphatic heterocycles. The van der Waals surface area contributed by atoms with E-state index < -0.39 is 5.41 Å². The molecule has 24 heavy (non-hydrogen) atoms. The van der Waals surface area contributed by atoms with Crippen molar-refractivity contribution in [2.45, 2.75) is 19.8 Å². The predicted molar refractivity (Wildman–Crippen MR) is 98.9 cm³/mol. The second kappa shape index (κ2) is 6.77. The molecule has 0 spiro atoms. The number of halogens is 1. The maximum Gasteiger partial charge on any atom is 0.242 e. The van der Waals surface area contributed by atoms with Crippen LogP contribution in [0, 0.1) is 5.41 Å². The lowest BCUT2D eigenvalue weighted by molar-refractivity contribution is -0.132. The summed E-state index contributed by atoms with van der Waals surface area (Å²) in [5, 5.41) is 2.88. The van der Waals surface area contributed by atoms with Gasteiger partial charge in [0, 0.05) is 22.4 Å². The van der Waals surface area contributed by atoms with Crippen molar-refractivity contribution < 1.29 is 9.59 Å². The maximum absolute atomic E-state index is 13.0. The lowest BCUT2D eigenvalue weighted by Crippen LogP contribution is -2.43. The van der Waals surface area contributed by atoms with E-state index in [2.05, 4.69) is 21.2 Å². The van der Waals surface area contributed by atoms with Gasteiger partial charge < -0.3 is 10.2 Å². The van der Waals surface area contributed by atoms with Crippen LogP contribution in [-0.4, -0.2) is 18.4 Å². The summed E-state index contributed by atoms with van der Waals surface area (Å²) in [6.45, 7) is 2.46. The van der Waals surface area contributed by atoms with Crippen molar-refractivity contribution in [2.24, 2.45) is 5.41 Å². The molecule has 2 amide bonds. The van der Waals surface area contributed by atoms with Crippen LogP contribution in [0.5, 0.6) is 0 Å². The van der Waals surface area contributed by atoms with Gasteiger partial charge in [0.1, 0.15) is 5.41 Å². The van der Waals surface area contributed by atoms with Crippen molar-refractivity contribution >= 4 is 39.1 Å². The van der Waals surface area contributed by atoms with Crippen molar-refractivity contribution in [2.75, 3.05) is 16.8 Å². The minimum absolute atomic E-state index is 0.122. The van der Waals surface area contributed by atoms with Crippen LogP contribution < -0.4 is 10.2 Å².